The molecule has 0 aliphatic carbocycles. The molecule has 0 heterocycles. The van der Waals surface area contributed by atoms with Gasteiger partial charge in [-0.1, -0.05) is 19.8 Å². The number of hydrogen-bond donors (Lipinski definition) is 1. The topological polar surface area (TPSA) is 43.1 Å². The lowest BCUT2D eigenvalue weighted by molar-refractivity contribution is 0.0964. The van der Waals surface area contributed by atoms with Gasteiger partial charge in [0, 0.05) is 6.42 Å². The molecular weight excluding hydrogens is 328 g/mol. The summed E-state index contributed by atoms with van der Waals surface area (Å²) < 4.78 is 27.5. The van der Waals surface area contributed by atoms with E-state index < -0.39 is 23.0 Å². The van der Waals surface area contributed by atoms with Gasteiger partial charge in [0.05, 0.1) is 10.0 Å². The molecule has 20 heavy (non-hydrogen) atoms. The van der Waals surface area contributed by atoms with E-state index in [1.807, 2.05) is 0 Å². The zero-order valence-corrected chi connectivity index (χ0v) is 13.2. The normalized spacial score (nSPS) is 12.4. The van der Waals surface area contributed by atoms with Gasteiger partial charge in [0.2, 0.25) is 0 Å². The number of benzene rings is 1. The van der Waals surface area contributed by atoms with Crippen molar-refractivity contribution in [2.45, 2.75) is 39.0 Å². The first-order valence-corrected chi connectivity index (χ1v) is 7.67. The highest BCUT2D eigenvalue weighted by molar-refractivity contribution is 9.10. The average Bonchev–Trinajstić information content (AvgIpc) is 2.41. The number of carbonyl (C=O) groups is 1. The molecule has 1 atom stereocenters. The minimum absolute atomic E-state index is 0.106. The van der Waals surface area contributed by atoms with Gasteiger partial charge in [0.1, 0.15) is 5.82 Å². The van der Waals surface area contributed by atoms with E-state index in [4.69, 9.17) is 5.73 Å². The maximum atomic E-state index is 13.8. The lowest BCUT2D eigenvalue weighted by atomic mass is 9.92. The van der Waals surface area contributed by atoms with Crippen LogP contribution in [0.4, 0.5) is 8.78 Å². The molecule has 0 bridgehead atoms. The van der Waals surface area contributed by atoms with Crippen molar-refractivity contribution in [3.63, 3.8) is 0 Å². The highest BCUT2D eigenvalue weighted by Gasteiger charge is 2.20. The van der Waals surface area contributed by atoms with Crippen molar-refractivity contribution in [2.24, 2.45) is 11.7 Å². The van der Waals surface area contributed by atoms with Crippen molar-refractivity contribution in [1.29, 1.82) is 0 Å². The Kier molecular flexibility index (Phi) is 7.30. The van der Waals surface area contributed by atoms with Crippen molar-refractivity contribution >= 4 is 21.7 Å². The van der Waals surface area contributed by atoms with Crippen LogP contribution in [0.15, 0.2) is 16.6 Å². The first-order valence-electron chi connectivity index (χ1n) is 6.88. The molecule has 0 saturated carbocycles. The van der Waals surface area contributed by atoms with Crippen LogP contribution in [0, 0.1) is 17.6 Å². The van der Waals surface area contributed by atoms with Gasteiger partial charge in [-0.3, -0.25) is 4.79 Å². The van der Waals surface area contributed by atoms with Crippen LogP contribution in [0.1, 0.15) is 49.4 Å². The van der Waals surface area contributed by atoms with Gasteiger partial charge in [-0.2, -0.15) is 0 Å². The lowest BCUT2D eigenvalue weighted by Gasteiger charge is -2.14. The number of carbonyl (C=O) groups excluding carboxylic acids is 1. The quantitative estimate of drug-likeness (QED) is 0.557. The van der Waals surface area contributed by atoms with E-state index >= 15 is 0 Å². The second kappa shape index (κ2) is 8.47. The lowest BCUT2D eigenvalue weighted by Crippen LogP contribution is -2.12. The van der Waals surface area contributed by atoms with Gasteiger partial charge >= 0.3 is 0 Å². The van der Waals surface area contributed by atoms with E-state index in [1.165, 1.54) is 6.07 Å². The molecule has 1 aromatic rings. The fourth-order valence-electron chi connectivity index (χ4n) is 2.32. The number of hydrogen-bond acceptors (Lipinski definition) is 2. The van der Waals surface area contributed by atoms with Crippen LogP contribution in [-0.4, -0.2) is 12.3 Å². The Labute approximate surface area is 126 Å². The fourth-order valence-corrected chi connectivity index (χ4v) is 2.65. The second-order valence-corrected chi connectivity index (χ2v) is 5.77. The molecule has 0 radical (unpaired) electrons. The summed E-state index contributed by atoms with van der Waals surface area (Å²) in [5.74, 6) is -1.77. The van der Waals surface area contributed by atoms with E-state index in [9.17, 15) is 13.6 Å². The predicted octanol–water partition coefficient (Wildman–Crippen LogP) is 4.46. The molecule has 1 rings (SSSR count). The van der Waals surface area contributed by atoms with Crippen LogP contribution in [0.3, 0.4) is 0 Å². The summed E-state index contributed by atoms with van der Waals surface area (Å²) in [5, 5.41) is 0. The maximum absolute atomic E-state index is 13.8. The van der Waals surface area contributed by atoms with Gasteiger partial charge in [-0.15, -0.1) is 0 Å². The van der Waals surface area contributed by atoms with Crippen molar-refractivity contribution in [3.8, 4) is 0 Å². The molecule has 0 aliphatic heterocycles. The van der Waals surface area contributed by atoms with Crippen LogP contribution in [-0.2, 0) is 0 Å². The monoisotopic (exact) mass is 347 g/mol. The molecular formula is C15H20BrF2NO. The van der Waals surface area contributed by atoms with Gasteiger partial charge in [0.25, 0.3) is 0 Å². The van der Waals surface area contributed by atoms with Crippen LogP contribution in [0.2, 0.25) is 0 Å². The number of Topliss-reactive ketones (excluding diaryl/α,β-unsaturated/α-hetero) is 1. The highest BCUT2D eigenvalue weighted by atomic mass is 79.9. The molecule has 2 nitrogen and oxygen atoms in total. The Balaban J connectivity index is 2.74. The number of halogens is 3. The van der Waals surface area contributed by atoms with Gasteiger partial charge in [-0.25, -0.2) is 8.78 Å². The molecule has 1 aromatic carbocycles. The Bertz CT molecular complexity index is 459. The molecule has 1 unspecified atom stereocenters. The first kappa shape index (κ1) is 17.2. The molecule has 2 N–H and O–H groups in total. The summed E-state index contributed by atoms with van der Waals surface area (Å²) in [6.45, 7) is 2.64. The average molecular weight is 348 g/mol. The molecule has 0 spiro atoms. The van der Waals surface area contributed by atoms with Crippen LogP contribution in [0.5, 0.6) is 0 Å². The summed E-state index contributed by atoms with van der Waals surface area (Å²) in [6.07, 6.45) is 3.60. The Morgan fingerprint density at radius 3 is 2.60 bits per heavy atom. The van der Waals surface area contributed by atoms with Crippen molar-refractivity contribution in [1.82, 2.24) is 0 Å². The van der Waals surface area contributed by atoms with Crippen LogP contribution in [0.25, 0.3) is 0 Å². The summed E-state index contributed by atoms with van der Waals surface area (Å²) in [4.78, 5) is 12.0. The van der Waals surface area contributed by atoms with E-state index in [0.717, 1.165) is 25.3 Å². The molecule has 0 amide bonds. The van der Waals surface area contributed by atoms with E-state index in [0.29, 0.717) is 18.9 Å². The Hall–Kier alpha value is -0.810. The first-order chi connectivity index (χ1) is 9.51. The van der Waals surface area contributed by atoms with Crippen LogP contribution >= 0.6 is 15.9 Å². The molecule has 0 fully saturated rings. The minimum atomic E-state index is -0.819. The summed E-state index contributed by atoms with van der Waals surface area (Å²) in [6, 6.07) is 2.36. The summed E-state index contributed by atoms with van der Waals surface area (Å²) >= 11 is 2.97. The maximum Gasteiger partial charge on any atom is 0.168 e. The standard InChI is InChI=1S/C15H20BrF2NO/c1-2-3-10(8-9-19)4-7-13(20)14-12(17)6-5-11(16)15(14)18/h5-6,10H,2-4,7-9,19H2,1H3. The molecule has 0 saturated heterocycles. The third kappa shape index (κ3) is 4.63. The highest BCUT2D eigenvalue weighted by Crippen LogP contribution is 2.25. The molecule has 0 aliphatic rings. The van der Waals surface area contributed by atoms with E-state index in [-0.39, 0.29) is 10.9 Å². The fraction of sp³-hybridized carbons (Fsp3) is 0.533. The van der Waals surface area contributed by atoms with E-state index in [1.54, 1.807) is 0 Å². The molecule has 5 heteroatoms. The van der Waals surface area contributed by atoms with Gasteiger partial charge in [-0.05, 0) is 53.4 Å². The van der Waals surface area contributed by atoms with Gasteiger partial charge < -0.3 is 5.73 Å². The zero-order chi connectivity index (χ0) is 15.1. The number of rotatable bonds is 8. The van der Waals surface area contributed by atoms with Crippen molar-refractivity contribution in [3.05, 3.63) is 33.8 Å². The SMILES string of the molecule is CCCC(CCN)CCC(=O)c1c(F)ccc(Br)c1F. The van der Waals surface area contributed by atoms with Crippen molar-refractivity contribution in [2.75, 3.05) is 6.54 Å². The zero-order valence-electron chi connectivity index (χ0n) is 11.6. The third-order valence-corrected chi connectivity index (χ3v) is 3.99. The summed E-state index contributed by atoms with van der Waals surface area (Å²) in [5.41, 5.74) is 5.09. The summed E-state index contributed by atoms with van der Waals surface area (Å²) in [7, 11) is 0. The number of nitrogens with two attached hydrogens (primary N) is 1. The minimum Gasteiger partial charge on any atom is -0.330 e. The smallest absolute Gasteiger partial charge is 0.168 e. The largest absolute Gasteiger partial charge is 0.330 e. The van der Waals surface area contributed by atoms with E-state index in [2.05, 4.69) is 22.9 Å². The second-order valence-electron chi connectivity index (χ2n) is 4.91. The molecule has 112 valence electrons. The van der Waals surface area contributed by atoms with Crippen molar-refractivity contribution < 1.29 is 13.6 Å². The van der Waals surface area contributed by atoms with Crippen LogP contribution < -0.4 is 5.73 Å². The van der Waals surface area contributed by atoms with Gasteiger partial charge in [0.15, 0.2) is 11.6 Å². The Morgan fingerprint density at radius 1 is 1.30 bits per heavy atom. The third-order valence-electron chi connectivity index (χ3n) is 3.37. The Morgan fingerprint density at radius 2 is 2.00 bits per heavy atom. The molecule has 0 aromatic heterocycles. The number of ketones is 1. The predicted molar refractivity (Wildman–Crippen MR) is 79.7 cm³/mol.